The molecule has 0 aromatic carbocycles. The zero-order chi connectivity index (χ0) is 13.2. The van der Waals surface area contributed by atoms with E-state index < -0.39 is 0 Å². The molecule has 0 spiro atoms. The van der Waals surface area contributed by atoms with Crippen LogP contribution in [-0.4, -0.2) is 62.2 Å². The fourth-order valence-electron chi connectivity index (χ4n) is 3.74. The number of rotatable bonds is 5. The molecule has 0 bridgehead atoms. The first-order valence-corrected chi connectivity index (χ1v) is 7.61. The zero-order valence-corrected chi connectivity index (χ0v) is 12.7. The third-order valence-corrected chi connectivity index (χ3v) is 5.10. The topological polar surface area (TPSA) is 18.5 Å². The maximum absolute atomic E-state index is 3.55. The highest BCUT2D eigenvalue weighted by Gasteiger charge is 2.40. The summed E-state index contributed by atoms with van der Waals surface area (Å²) in [6.07, 6.45) is 6.87. The van der Waals surface area contributed by atoms with Crippen LogP contribution in [0.5, 0.6) is 0 Å². The summed E-state index contributed by atoms with van der Waals surface area (Å²) in [6, 6.07) is 0.712. The summed E-state index contributed by atoms with van der Waals surface area (Å²) in [6.45, 7) is 6.05. The lowest BCUT2D eigenvalue weighted by molar-refractivity contribution is 0.0222. The molecule has 1 saturated heterocycles. The molecule has 0 aromatic heterocycles. The maximum Gasteiger partial charge on any atom is 0.0330 e. The van der Waals surface area contributed by atoms with Gasteiger partial charge in [0.1, 0.15) is 0 Å². The number of likely N-dealkylation sites (N-methyl/N-ethyl adjacent to an activating group) is 2. The van der Waals surface area contributed by atoms with E-state index in [4.69, 9.17) is 0 Å². The average molecular weight is 253 g/mol. The molecule has 2 rings (SSSR count). The van der Waals surface area contributed by atoms with E-state index >= 15 is 0 Å². The molecule has 18 heavy (non-hydrogen) atoms. The molecule has 1 heterocycles. The van der Waals surface area contributed by atoms with Crippen LogP contribution >= 0.6 is 0 Å². The monoisotopic (exact) mass is 253 g/mol. The highest BCUT2D eigenvalue weighted by Crippen LogP contribution is 2.36. The Morgan fingerprint density at radius 2 is 1.94 bits per heavy atom. The molecule has 1 N–H and O–H groups in total. The summed E-state index contributed by atoms with van der Waals surface area (Å²) in [4.78, 5) is 5.04. The molecule has 2 atom stereocenters. The van der Waals surface area contributed by atoms with Crippen LogP contribution < -0.4 is 5.32 Å². The maximum atomic E-state index is 3.55. The fraction of sp³-hybridized carbons (Fsp3) is 1.00. The van der Waals surface area contributed by atoms with Crippen molar-refractivity contribution in [1.29, 1.82) is 0 Å². The Bertz CT molecular complexity index is 260. The summed E-state index contributed by atoms with van der Waals surface area (Å²) in [5.74, 6) is 0.894. The zero-order valence-electron chi connectivity index (χ0n) is 12.7. The molecule has 0 radical (unpaired) electrons. The molecule has 0 amide bonds. The van der Waals surface area contributed by atoms with E-state index in [0.29, 0.717) is 11.6 Å². The molecule has 2 fully saturated rings. The Hall–Kier alpha value is -0.120. The molecule has 1 aliphatic carbocycles. The summed E-state index contributed by atoms with van der Waals surface area (Å²) in [7, 11) is 6.81. The van der Waals surface area contributed by atoms with Crippen molar-refractivity contribution in [3.8, 4) is 0 Å². The molecular formula is C15H31N3. The van der Waals surface area contributed by atoms with Gasteiger partial charge in [0.15, 0.2) is 0 Å². The standard InChI is InChI=1S/C15H31N3/c1-13-10-14(6-9-16-13)11-18(4)12-15(17(2)3)7-5-8-15/h13-14,16H,5-12H2,1-4H3. The Balaban J connectivity index is 1.79. The number of hydrogen-bond acceptors (Lipinski definition) is 3. The van der Waals surface area contributed by atoms with Crippen molar-refractivity contribution in [2.75, 3.05) is 40.8 Å². The van der Waals surface area contributed by atoms with Crippen molar-refractivity contribution in [3.63, 3.8) is 0 Å². The van der Waals surface area contributed by atoms with Crippen molar-refractivity contribution in [2.45, 2.75) is 50.6 Å². The lowest BCUT2D eigenvalue weighted by Crippen LogP contribution is -2.57. The van der Waals surface area contributed by atoms with E-state index in [-0.39, 0.29) is 0 Å². The highest BCUT2D eigenvalue weighted by atomic mass is 15.2. The second kappa shape index (κ2) is 5.89. The van der Waals surface area contributed by atoms with Gasteiger partial charge in [0, 0.05) is 24.7 Å². The van der Waals surface area contributed by atoms with Gasteiger partial charge in [-0.2, -0.15) is 0 Å². The van der Waals surface area contributed by atoms with Gasteiger partial charge in [0.05, 0.1) is 0 Å². The SMILES string of the molecule is CC1CC(CN(C)CC2(N(C)C)CCC2)CCN1. The third kappa shape index (κ3) is 3.25. The van der Waals surface area contributed by atoms with Crippen LogP contribution in [0.15, 0.2) is 0 Å². The smallest absolute Gasteiger partial charge is 0.0330 e. The first kappa shape index (κ1) is 14.3. The number of nitrogens with zero attached hydrogens (tertiary/aromatic N) is 2. The van der Waals surface area contributed by atoms with Gasteiger partial charge < -0.3 is 15.1 Å². The summed E-state index contributed by atoms with van der Waals surface area (Å²) in [5, 5.41) is 3.55. The predicted octanol–water partition coefficient (Wildman–Crippen LogP) is 1.79. The van der Waals surface area contributed by atoms with E-state index in [1.807, 2.05) is 0 Å². The molecule has 3 nitrogen and oxygen atoms in total. The van der Waals surface area contributed by atoms with E-state index in [1.54, 1.807) is 0 Å². The van der Waals surface area contributed by atoms with Crippen LogP contribution in [0.1, 0.15) is 39.0 Å². The van der Waals surface area contributed by atoms with Crippen molar-refractivity contribution in [2.24, 2.45) is 5.92 Å². The molecule has 1 aliphatic heterocycles. The summed E-state index contributed by atoms with van der Waals surface area (Å²) in [5.41, 5.74) is 0.479. The molecule has 0 aromatic rings. The van der Waals surface area contributed by atoms with Gasteiger partial charge in [-0.1, -0.05) is 0 Å². The number of hydrogen-bond donors (Lipinski definition) is 1. The van der Waals surface area contributed by atoms with E-state index in [9.17, 15) is 0 Å². The minimum atomic E-state index is 0.479. The Morgan fingerprint density at radius 3 is 2.44 bits per heavy atom. The molecule has 106 valence electrons. The fourth-order valence-corrected chi connectivity index (χ4v) is 3.74. The van der Waals surface area contributed by atoms with Gasteiger partial charge in [-0.15, -0.1) is 0 Å². The van der Waals surface area contributed by atoms with Crippen molar-refractivity contribution in [3.05, 3.63) is 0 Å². The summed E-state index contributed by atoms with van der Waals surface area (Å²) >= 11 is 0. The molecule has 2 aliphatic rings. The highest BCUT2D eigenvalue weighted by molar-refractivity contribution is 4.98. The first-order chi connectivity index (χ1) is 8.52. The second-order valence-electron chi connectivity index (χ2n) is 6.91. The van der Waals surface area contributed by atoms with Gasteiger partial charge in [-0.05, 0) is 72.6 Å². The van der Waals surface area contributed by atoms with Crippen LogP contribution in [0.3, 0.4) is 0 Å². The van der Waals surface area contributed by atoms with Gasteiger partial charge in [0.25, 0.3) is 0 Å². The third-order valence-electron chi connectivity index (χ3n) is 5.10. The van der Waals surface area contributed by atoms with Crippen LogP contribution in [-0.2, 0) is 0 Å². The van der Waals surface area contributed by atoms with E-state index in [0.717, 1.165) is 5.92 Å². The van der Waals surface area contributed by atoms with Crippen molar-refractivity contribution in [1.82, 2.24) is 15.1 Å². The van der Waals surface area contributed by atoms with Gasteiger partial charge in [-0.25, -0.2) is 0 Å². The second-order valence-corrected chi connectivity index (χ2v) is 6.91. The van der Waals surface area contributed by atoms with E-state index in [2.05, 4.69) is 43.2 Å². The largest absolute Gasteiger partial charge is 0.314 e. The van der Waals surface area contributed by atoms with Crippen LogP contribution in [0.25, 0.3) is 0 Å². The van der Waals surface area contributed by atoms with Crippen LogP contribution in [0, 0.1) is 5.92 Å². The van der Waals surface area contributed by atoms with Crippen LogP contribution in [0.4, 0.5) is 0 Å². The average Bonchev–Trinajstić information content (AvgIpc) is 2.23. The van der Waals surface area contributed by atoms with Gasteiger partial charge >= 0.3 is 0 Å². The number of nitrogens with one attached hydrogen (secondary N) is 1. The number of piperidine rings is 1. The van der Waals surface area contributed by atoms with E-state index in [1.165, 1.54) is 51.7 Å². The normalized spacial score (nSPS) is 31.7. The molecule has 3 heteroatoms. The van der Waals surface area contributed by atoms with Gasteiger partial charge in [-0.3, -0.25) is 0 Å². The Kier molecular flexibility index (Phi) is 4.68. The molecular weight excluding hydrogens is 222 g/mol. The van der Waals surface area contributed by atoms with Crippen molar-refractivity contribution < 1.29 is 0 Å². The lowest BCUT2D eigenvalue weighted by atomic mass is 9.75. The minimum Gasteiger partial charge on any atom is -0.314 e. The van der Waals surface area contributed by atoms with Crippen molar-refractivity contribution >= 4 is 0 Å². The quantitative estimate of drug-likeness (QED) is 0.806. The van der Waals surface area contributed by atoms with Crippen LogP contribution in [0.2, 0.25) is 0 Å². The molecule has 2 unspecified atom stereocenters. The Morgan fingerprint density at radius 1 is 1.22 bits per heavy atom. The molecule has 1 saturated carbocycles. The summed E-state index contributed by atoms with van der Waals surface area (Å²) < 4.78 is 0. The van der Waals surface area contributed by atoms with Gasteiger partial charge in [0.2, 0.25) is 0 Å². The Labute approximate surface area is 113 Å². The lowest BCUT2D eigenvalue weighted by Gasteiger charge is -2.49. The minimum absolute atomic E-state index is 0.479. The predicted molar refractivity (Wildman–Crippen MR) is 78.0 cm³/mol. The first-order valence-electron chi connectivity index (χ1n) is 7.61.